The van der Waals surface area contributed by atoms with Gasteiger partial charge in [0.1, 0.15) is 11.5 Å². The van der Waals surface area contributed by atoms with Crippen LogP contribution in [0.4, 0.5) is 5.95 Å². The molecule has 0 amide bonds. The van der Waals surface area contributed by atoms with Gasteiger partial charge in [0.05, 0.1) is 24.5 Å². The molecular formula is C19H23N5O3. The van der Waals surface area contributed by atoms with Crippen molar-refractivity contribution in [3.8, 4) is 22.8 Å². The standard InChI is InChI=1S/C19H23N5O3/c1-13-11-17(27-23-13)15-12-21-19(20-5-6-24-7-9-25-10-8-24)22-18(15)16-4-3-14(2)26-16/h3-4,11-12H,5-10H2,1-2H3,(H,20,21,22). The maximum atomic E-state index is 5.79. The normalized spacial score (nSPS) is 15.2. The predicted molar refractivity (Wildman–Crippen MR) is 100 cm³/mol. The van der Waals surface area contributed by atoms with Crippen molar-refractivity contribution < 1.29 is 13.7 Å². The van der Waals surface area contributed by atoms with Crippen LogP contribution in [0, 0.1) is 13.8 Å². The van der Waals surface area contributed by atoms with Gasteiger partial charge in [0.25, 0.3) is 0 Å². The molecule has 1 aliphatic rings. The van der Waals surface area contributed by atoms with Crippen LogP contribution in [0.3, 0.4) is 0 Å². The number of ether oxygens (including phenoxy) is 1. The molecule has 0 spiro atoms. The zero-order chi connectivity index (χ0) is 18.6. The number of hydrogen-bond donors (Lipinski definition) is 1. The molecule has 1 saturated heterocycles. The molecule has 3 aromatic heterocycles. The van der Waals surface area contributed by atoms with Crippen molar-refractivity contribution >= 4 is 5.95 Å². The van der Waals surface area contributed by atoms with Gasteiger partial charge < -0.3 is 19.0 Å². The minimum absolute atomic E-state index is 0.562. The van der Waals surface area contributed by atoms with Gasteiger partial charge in [0.2, 0.25) is 5.95 Å². The van der Waals surface area contributed by atoms with Gasteiger partial charge in [-0.3, -0.25) is 4.90 Å². The molecule has 3 aromatic rings. The van der Waals surface area contributed by atoms with E-state index in [9.17, 15) is 0 Å². The summed E-state index contributed by atoms with van der Waals surface area (Å²) in [6.07, 6.45) is 1.75. The van der Waals surface area contributed by atoms with Gasteiger partial charge in [-0.1, -0.05) is 5.16 Å². The zero-order valence-corrected chi connectivity index (χ0v) is 15.6. The Labute approximate surface area is 157 Å². The molecule has 1 N–H and O–H groups in total. The molecule has 0 saturated carbocycles. The minimum Gasteiger partial charge on any atom is -0.460 e. The van der Waals surface area contributed by atoms with Crippen LogP contribution < -0.4 is 5.32 Å². The van der Waals surface area contributed by atoms with E-state index in [1.54, 1.807) is 6.20 Å². The number of furan rings is 1. The number of nitrogens with zero attached hydrogens (tertiary/aromatic N) is 4. The summed E-state index contributed by atoms with van der Waals surface area (Å²) < 4.78 is 16.6. The van der Waals surface area contributed by atoms with Crippen molar-refractivity contribution in [3.05, 3.63) is 35.9 Å². The van der Waals surface area contributed by atoms with Crippen molar-refractivity contribution in [1.29, 1.82) is 0 Å². The maximum Gasteiger partial charge on any atom is 0.223 e. The van der Waals surface area contributed by atoms with E-state index in [2.05, 4.69) is 25.3 Å². The van der Waals surface area contributed by atoms with Crippen molar-refractivity contribution in [2.75, 3.05) is 44.7 Å². The van der Waals surface area contributed by atoms with E-state index in [0.717, 1.165) is 56.4 Å². The van der Waals surface area contributed by atoms with E-state index < -0.39 is 0 Å². The molecule has 0 atom stereocenters. The molecule has 0 unspecified atom stereocenters. The monoisotopic (exact) mass is 369 g/mol. The van der Waals surface area contributed by atoms with E-state index >= 15 is 0 Å². The highest BCUT2D eigenvalue weighted by atomic mass is 16.5. The SMILES string of the molecule is Cc1cc(-c2cnc(NCCN3CCOCC3)nc2-c2ccc(C)o2)on1. The largest absolute Gasteiger partial charge is 0.460 e. The highest BCUT2D eigenvalue weighted by molar-refractivity contribution is 5.75. The Bertz CT molecular complexity index is 898. The lowest BCUT2D eigenvalue weighted by atomic mass is 10.1. The van der Waals surface area contributed by atoms with Crippen LogP contribution in [0.25, 0.3) is 22.8 Å². The highest BCUT2D eigenvalue weighted by Gasteiger charge is 2.18. The fourth-order valence-corrected chi connectivity index (χ4v) is 3.04. The number of hydrogen-bond acceptors (Lipinski definition) is 8. The topological polar surface area (TPSA) is 89.5 Å². The summed E-state index contributed by atoms with van der Waals surface area (Å²) in [5, 5.41) is 7.26. The van der Waals surface area contributed by atoms with Crippen LogP contribution in [0.15, 0.2) is 33.3 Å². The highest BCUT2D eigenvalue weighted by Crippen LogP contribution is 2.32. The van der Waals surface area contributed by atoms with Crippen LogP contribution in [0.1, 0.15) is 11.5 Å². The number of rotatable bonds is 6. The Morgan fingerprint density at radius 3 is 2.70 bits per heavy atom. The molecule has 0 aromatic carbocycles. The smallest absolute Gasteiger partial charge is 0.223 e. The first kappa shape index (κ1) is 17.7. The summed E-state index contributed by atoms with van der Waals surface area (Å²) in [5.41, 5.74) is 2.24. The number of aromatic nitrogens is 3. The predicted octanol–water partition coefficient (Wildman–Crippen LogP) is 2.75. The lowest BCUT2D eigenvalue weighted by Gasteiger charge is -2.26. The molecule has 4 heterocycles. The molecule has 1 aliphatic heterocycles. The third kappa shape index (κ3) is 4.17. The second kappa shape index (κ2) is 7.89. The molecule has 0 radical (unpaired) electrons. The van der Waals surface area contributed by atoms with Crippen molar-refractivity contribution in [2.24, 2.45) is 0 Å². The van der Waals surface area contributed by atoms with E-state index in [1.807, 2.05) is 32.0 Å². The van der Waals surface area contributed by atoms with E-state index in [-0.39, 0.29) is 0 Å². The Morgan fingerprint density at radius 2 is 2.00 bits per heavy atom. The molecule has 8 heteroatoms. The molecule has 0 bridgehead atoms. The summed E-state index contributed by atoms with van der Waals surface area (Å²) in [4.78, 5) is 11.5. The second-order valence-corrected chi connectivity index (χ2v) is 6.58. The van der Waals surface area contributed by atoms with Crippen LogP contribution in [-0.2, 0) is 4.74 Å². The molecule has 142 valence electrons. The molecule has 1 fully saturated rings. The summed E-state index contributed by atoms with van der Waals surface area (Å²) in [5.74, 6) is 2.68. The van der Waals surface area contributed by atoms with Gasteiger partial charge >= 0.3 is 0 Å². The average molecular weight is 369 g/mol. The first-order valence-electron chi connectivity index (χ1n) is 9.10. The van der Waals surface area contributed by atoms with Crippen LogP contribution in [-0.4, -0.2) is 59.4 Å². The fourth-order valence-electron chi connectivity index (χ4n) is 3.04. The van der Waals surface area contributed by atoms with Gasteiger partial charge in [-0.15, -0.1) is 0 Å². The third-order valence-electron chi connectivity index (χ3n) is 4.47. The summed E-state index contributed by atoms with van der Waals surface area (Å²) in [6, 6.07) is 5.68. The van der Waals surface area contributed by atoms with E-state index in [4.69, 9.17) is 13.7 Å². The van der Waals surface area contributed by atoms with Crippen molar-refractivity contribution in [1.82, 2.24) is 20.0 Å². The quantitative estimate of drug-likeness (QED) is 0.709. The van der Waals surface area contributed by atoms with Gasteiger partial charge in [-0.2, -0.15) is 0 Å². The Kier molecular flexibility index (Phi) is 5.17. The number of aryl methyl sites for hydroxylation is 2. The average Bonchev–Trinajstić information content (AvgIpc) is 3.31. The lowest BCUT2D eigenvalue weighted by Crippen LogP contribution is -2.39. The van der Waals surface area contributed by atoms with E-state index in [1.165, 1.54) is 0 Å². The molecule has 8 nitrogen and oxygen atoms in total. The summed E-state index contributed by atoms with van der Waals surface area (Å²) in [7, 11) is 0. The number of anilines is 1. The van der Waals surface area contributed by atoms with Crippen LogP contribution >= 0.6 is 0 Å². The third-order valence-corrected chi connectivity index (χ3v) is 4.47. The molecule has 0 aliphatic carbocycles. The summed E-state index contributed by atoms with van der Waals surface area (Å²) >= 11 is 0. The minimum atomic E-state index is 0.562. The van der Waals surface area contributed by atoms with Gasteiger partial charge in [-0.25, -0.2) is 9.97 Å². The van der Waals surface area contributed by atoms with Gasteiger partial charge in [-0.05, 0) is 26.0 Å². The van der Waals surface area contributed by atoms with Crippen LogP contribution in [0.2, 0.25) is 0 Å². The molecular weight excluding hydrogens is 346 g/mol. The van der Waals surface area contributed by atoms with E-state index in [0.29, 0.717) is 23.2 Å². The molecule has 4 rings (SSSR count). The zero-order valence-electron chi connectivity index (χ0n) is 15.6. The van der Waals surface area contributed by atoms with Crippen LogP contribution in [0.5, 0.6) is 0 Å². The second-order valence-electron chi connectivity index (χ2n) is 6.58. The van der Waals surface area contributed by atoms with Crippen molar-refractivity contribution in [2.45, 2.75) is 13.8 Å². The fraction of sp³-hybridized carbons (Fsp3) is 0.421. The maximum absolute atomic E-state index is 5.79. The lowest BCUT2D eigenvalue weighted by molar-refractivity contribution is 0.0398. The summed E-state index contributed by atoms with van der Waals surface area (Å²) in [6.45, 7) is 8.99. The van der Waals surface area contributed by atoms with Gasteiger partial charge in [0.15, 0.2) is 11.5 Å². The van der Waals surface area contributed by atoms with Crippen molar-refractivity contribution in [3.63, 3.8) is 0 Å². The Morgan fingerprint density at radius 1 is 1.15 bits per heavy atom. The first-order chi connectivity index (χ1) is 13.2. The Hall–Kier alpha value is -2.71. The first-order valence-corrected chi connectivity index (χ1v) is 9.10. The Balaban J connectivity index is 1.55. The van der Waals surface area contributed by atoms with Gasteiger partial charge in [0, 0.05) is 38.4 Å². The molecule has 27 heavy (non-hydrogen) atoms. The number of nitrogens with one attached hydrogen (secondary N) is 1. The number of morpholine rings is 1.